The Morgan fingerprint density at radius 3 is 2.74 bits per heavy atom. The summed E-state index contributed by atoms with van der Waals surface area (Å²) in [5, 5.41) is 6.32. The molecule has 1 aromatic heterocycles. The van der Waals surface area contributed by atoms with Gasteiger partial charge in [0.1, 0.15) is 5.82 Å². The maximum Gasteiger partial charge on any atom is 0.271 e. The maximum atomic E-state index is 11.7. The van der Waals surface area contributed by atoms with Crippen molar-refractivity contribution in [3.8, 4) is 0 Å². The smallest absolute Gasteiger partial charge is 0.271 e. The summed E-state index contributed by atoms with van der Waals surface area (Å²) in [7, 11) is 0. The van der Waals surface area contributed by atoms with Crippen LogP contribution >= 0.6 is 0 Å². The highest BCUT2D eigenvalue weighted by Crippen LogP contribution is 2.28. The molecule has 9 nitrogen and oxygen atoms in total. The lowest BCUT2D eigenvalue weighted by Gasteiger charge is -2.29. The van der Waals surface area contributed by atoms with Crippen molar-refractivity contribution in [3.63, 3.8) is 0 Å². The van der Waals surface area contributed by atoms with E-state index in [9.17, 15) is 4.79 Å². The molecule has 1 aromatic rings. The normalized spacial score (nSPS) is 23.4. The van der Waals surface area contributed by atoms with Crippen molar-refractivity contribution in [2.45, 2.75) is 50.6 Å². The van der Waals surface area contributed by atoms with Crippen LogP contribution in [0.4, 0.5) is 11.6 Å². The molecule has 9 heteroatoms. The van der Waals surface area contributed by atoms with Gasteiger partial charge in [0.05, 0.1) is 11.9 Å². The van der Waals surface area contributed by atoms with Crippen LogP contribution in [0.5, 0.6) is 0 Å². The van der Waals surface area contributed by atoms with Crippen LogP contribution in [0.3, 0.4) is 0 Å². The molecule has 1 amide bonds. The number of nitrogens with two attached hydrogens (primary N) is 3. The predicted molar refractivity (Wildman–Crippen MR) is 106 cm³/mol. The monoisotopic (exact) mass is 372 g/mol. The molecule has 2 fully saturated rings. The molecule has 27 heavy (non-hydrogen) atoms. The second-order valence-electron chi connectivity index (χ2n) is 7.20. The fraction of sp³-hybridized carbons (Fsp3) is 0.556. The zero-order valence-corrected chi connectivity index (χ0v) is 15.4. The minimum atomic E-state index is -0.669. The number of nitrogens with one attached hydrogen (secondary N) is 2. The minimum absolute atomic E-state index is 0.0448. The molecule has 0 spiro atoms. The van der Waals surface area contributed by atoms with Gasteiger partial charge in [-0.3, -0.25) is 9.79 Å². The van der Waals surface area contributed by atoms with Gasteiger partial charge < -0.3 is 27.8 Å². The molecular formula is C18H28N8O. The number of carbonyl (C=O) groups is 1. The van der Waals surface area contributed by atoms with Crippen LogP contribution in [0.2, 0.25) is 0 Å². The van der Waals surface area contributed by atoms with E-state index in [1.54, 1.807) is 6.21 Å². The molecule has 0 unspecified atom stereocenters. The van der Waals surface area contributed by atoms with E-state index in [4.69, 9.17) is 17.2 Å². The fourth-order valence-corrected chi connectivity index (χ4v) is 3.11. The maximum absolute atomic E-state index is 11.7. The lowest BCUT2D eigenvalue weighted by Crippen LogP contribution is -2.42. The van der Waals surface area contributed by atoms with E-state index in [2.05, 4.69) is 25.6 Å². The van der Waals surface area contributed by atoms with Crippen molar-refractivity contribution in [1.82, 2.24) is 9.97 Å². The number of allylic oxidation sites excluding steroid dienone is 1. The van der Waals surface area contributed by atoms with Crippen molar-refractivity contribution in [1.29, 1.82) is 0 Å². The summed E-state index contributed by atoms with van der Waals surface area (Å²) >= 11 is 0. The number of hydrogen-bond acceptors (Lipinski definition) is 8. The molecule has 2 aliphatic rings. The van der Waals surface area contributed by atoms with Crippen molar-refractivity contribution in [2.24, 2.45) is 28.1 Å². The topological polar surface area (TPSA) is 157 Å². The molecule has 0 aromatic carbocycles. The number of aromatic nitrogens is 2. The average molecular weight is 372 g/mol. The van der Waals surface area contributed by atoms with Gasteiger partial charge in [-0.15, -0.1) is 0 Å². The Balaban J connectivity index is 1.74. The van der Waals surface area contributed by atoms with Gasteiger partial charge >= 0.3 is 0 Å². The van der Waals surface area contributed by atoms with Gasteiger partial charge in [-0.05, 0) is 31.6 Å². The second-order valence-corrected chi connectivity index (χ2v) is 7.20. The molecule has 146 valence electrons. The average Bonchev–Trinajstić information content (AvgIpc) is 3.47. The first-order chi connectivity index (χ1) is 13.1. The molecule has 0 bridgehead atoms. The van der Waals surface area contributed by atoms with Crippen molar-refractivity contribution >= 4 is 23.8 Å². The molecule has 2 saturated carbocycles. The zero-order valence-electron chi connectivity index (χ0n) is 15.4. The van der Waals surface area contributed by atoms with Crippen LogP contribution in [0.1, 0.15) is 49.0 Å². The Labute approximate surface area is 158 Å². The molecular weight excluding hydrogens is 344 g/mol. The molecule has 0 radical (unpaired) electrons. The van der Waals surface area contributed by atoms with Gasteiger partial charge in [-0.2, -0.15) is 0 Å². The Kier molecular flexibility index (Phi) is 6.23. The highest BCUT2D eigenvalue weighted by atomic mass is 16.1. The van der Waals surface area contributed by atoms with E-state index in [0.29, 0.717) is 17.4 Å². The van der Waals surface area contributed by atoms with Gasteiger partial charge in [-0.1, -0.05) is 12.8 Å². The van der Waals surface area contributed by atoms with Gasteiger partial charge in [0.25, 0.3) is 5.91 Å². The Bertz CT molecular complexity index is 728. The molecule has 0 aliphatic heterocycles. The van der Waals surface area contributed by atoms with E-state index in [1.807, 2.05) is 0 Å². The van der Waals surface area contributed by atoms with E-state index >= 15 is 0 Å². The molecule has 8 N–H and O–H groups in total. The molecule has 3 rings (SSSR count). The van der Waals surface area contributed by atoms with E-state index in [0.717, 1.165) is 32.2 Å². The van der Waals surface area contributed by atoms with Crippen LogP contribution in [-0.2, 0) is 0 Å². The minimum Gasteiger partial charge on any atom is -0.403 e. The van der Waals surface area contributed by atoms with Gasteiger partial charge in [0.2, 0.25) is 0 Å². The first kappa shape index (κ1) is 19.1. The van der Waals surface area contributed by atoms with Crippen molar-refractivity contribution in [3.05, 3.63) is 23.8 Å². The summed E-state index contributed by atoms with van der Waals surface area (Å²) in [5.41, 5.74) is 17.9. The highest BCUT2D eigenvalue weighted by Gasteiger charge is 2.23. The molecule has 0 saturated heterocycles. The number of rotatable bonds is 8. The third kappa shape index (κ3) is 5.40. The van der Waals surface area contributed by atoms with E-state index < -0.39 is 5.91 Å². The number of carbonyl (C=O) groups excluding carboxylic acids is 1. The summed E-state index contributed by atoms with van der Waals surface area (Å²) < 4.78 is 0. The number of aliphatic imine (C=N–C) groups is 1. The van der Waals surface area contributed by atoms with Crippen molar-refractivity contribution in [2.75, 3.05) is 17.2 Å². The summed E-state index contributed by atoms with van der Waals surface area (Å²) in [5.74, 6) is 0.785. The largest absolute Gasteiger partial charge is 0.403 e. The van der Waals surface area contributed by atoms with Crippen LogP contribution < -0.4 is 27.8 Å². The SMILES string of the molecule is NC=C(C=NCC1CC1)Nc1nc(N[C@@H]2CCCC[C@@H]2N)cnc1C(N)=O. The summed E-state index contributed by atoms with van der Waals surface area (Å²) in [6.07, 6.45) is 11.2. The number of nitrogens with zero attached hydrogens (tertiary/aromatic N) is 3. The lowest BCUT2D eigenvalue weighted by atomic mass is 9.91. The first-order valence-corrected chi connectivity index (χ1v) is 9.44. The summed E-state index contributed by atoms with van der Waals surface area (Å²) in [6, 6.07) is 0.201. The van der Waals surface area contributed by atoms with Gasteiger partial charge in [0.15, 0.2) is 11.5 Å². The summed E-state index contributed by atoms with van der Waals surface area (Å²) in [6.45, 7) is 0.772. The standard InChI is InChI=1S/C18H28N8O/c19-7-12(9-22-8-11-5-6-11)24-18-16(17(21)27)23-10-15(26-18)25-14-4-2-1-3-13(14)20/h7,9-11,13-14H,1-6,8,19-20H2,(H2,21,27)(H2,24,25,26)/t13-,14+/m0/s1. The highest BCUT2D eigenvalue weighted by molar-refractivity contribution is 5.97. The third-order valence-electron chi connectivity index (χ3n) is 4.89. The second kappa shape index (κ2) is 8.81. The molecule has 1 heterocycles. The predicted octanol–water partition coefficient (Wildman–Crippen LogP) is 0.950. The van der Waals surface area contributed by atoms with Crippen LogP contribution in [0.25, 0.3) is 0 Å². The lowest BCUT2D eigenvalue weighted by molar-refractivity contribution is 0.0996. The number of anilines is 2. The molecule has 2 atom stereocenters. The van der Waals surface area contributed by atoms with Crippen LogP contribution in [0.15, 0.2) is 23.1 Å². The summed E-state index contributed by atoms with van der Waals surface area (Å²) in [4.78, 5) is 24.7. The van der Waals surface area contributed by atoms with E-state index in [-0.39, 0.29) is 23.6 Å². The Morgan fingerprint density at radius 1 is 1.30 bits per heavy atom. The quantitative estimate of drug-likeness (QED) is 0.425. The van der Waals surface area contributed by atoms with Crippen LogP contribution in [0, 0.1) is 5.92 Å². The Hall–Kier alpha value is -2.68. The van der Waals surface area contributed by atoms with Gasteiger partial charge in [0, 0.05) is 31.0 Å². The number of primary amides is 1. The zero-order chi connectivity index (χ0) is 19.2. The number of hydrogen-bond donors (Lipinski definition) is 5. The van der Waals surface area contributed by atoms with Crippen LogP contribution in [-0.4, -0.2) is 40.7 Å². The van der Waals surface area contributed by atoms with Gasteiger partial charge in [-0.25, -0.2) is 9.97 Å². The Morgan fingerprint density at radius 2 is 2.07 bits per heavy atom. The molecule has 2 aliphatic carbocycles. The third-order valence-corrected chi connectivity index (χ3v) is 4.89. The number of amides is 1. The van der Waals surface area contributed by atoms with Crippen molar-refractivity contribution < 1.29 is 4.79 Å². The van der Waals surface area contributed by atoms with E-state index in [1.165, 1.54) is 25.2 Å². The first-order valence-electron chi connectivity index (χ1n) is 9.44. The fourth-order valence-electron chi connectivity index (χ4n) is 3.11.